The summed E-state index contributed by atoms with van der Waals surface area (Å²) in [5.74, 6) is 0.453. The van der Waals surface area contributed by atoms with Crippen LogP contribution in [0.1, 0.15) is 36.7 Å². The Labute approximate surface area is 144 Å². The molecule has 0 saturated carbocycles. The van der Waals surface area contributed by atoms with Crippen LogP contribution < -0.4 is 10.2 Å². The molecule has 2 heterocycles. The first-order chi connectivity index (χ1) is 11.8. The topological polar surface area (TPSA) is 69.7 Å². The van der Waals surface area contributed by atoms with E-state index in [-0.39, 0.29) is 12.2 Å². The molecule has 0 radical (unpaired) electrons. The van der Waals surface area contributed by atoms with E-state index in [4.69, 9.17) is 14.3 Å². The van der Waals surface area contributed by atoms with E-state index < -0.39 is 0 Å². The Morgan fingerprint density at radius 1 is 1.38 bits per heavy atom. The van der Waals surface area contributed by atoms with Crippen LogP contribution in [-0.4, -0.2) is 30.4 Å². The van der Waals surface area contributed by atoms with E-state index in [0.29, 0.717) is 18.9 Å². The minimum Gasteiger partial charge on any atom is -0.494 e. The van der Waals surface area contributed by atoms with Crippen LogP contribution in [0, 0.1) is 0 Å². The van der Waals surface area contributed by atoms with Crippen molar-refractivity contribution in [1.29, 1.82) is 0 Å². The first-order valence-electron chi connectivity index (χ1n) is 8.02. The molecule has 1 aromatic carbocycles. The van der Waals surface area contributed by atoms with Crippen molar-refractivity contribution in [2.45, 2.75) is 32.5 Å². The van der Waals surface area contributed by atoms with Crippen LogP contribution in [0.4, 0.5) is 0 Å². The molecule has 0 spiro atoms. The predicted octanol–water partition coefficient (Wildman–Crippen LogP) is 3.40. The van der Waals surface area contributed by atoms with E-state index in [1.165, 1.54) is 11.3 Å². The summed E-state index contributed by atoms with van der Waals surface area (Å²) >= 11 is 1.41. The largest absolute Gasteiger partial charge is 0.494 e. The fraction of sp³-hybridized carbons (Fsp3) is 0.412. The zero-order chi connectivity index (χ0) is 16.8. The molecule has 1 fully saturated rings. The van der Waals surface area contributed by atoms with Gasteiger partial charge in [0.1, 0.15) is 16.5 Å². The number of ether oxygens (including phenoxy) is 2. The fourth-order valence-corrected chi connectivity index (χ4v) is 3.15. The molecule has 24 heavy (non-hydrogen) atoms. The molecule has 0 aliphatic carbocycles. The molecule has 1 saturated heterocycles. The van der Waals surface area contributed by atoms with Crippen molar-refractivity contribution in [1.82, 2.24) is 10.5 Å². The standard InChI is InChI=1S/C17H20N2O4S/c1-2-21-13-8-6-12(7-9-13)17-18-14(11-24-17)16(20)19-23-15-5-3-4-10-22-15/h6-9,11,15H,2-5,10H2,1H3,(H,19,20)/t15-/m0/s1. The van der Waals surface area contributed by atoms with Crippen molar-refractivity contribution in [3.8, 4) is 16.3 Å². The first kappa shape index (κ1) is 16.9. The minimum atomic E-state index is -0.369. The number of nitrogens with zero attached hydrogens (tertiary/aromatic N) is 1. The first-order valence-corrected chi connectivity index (χ1v) is 8.90. The lowest BCUT2D eigenvalue weighted by Crippen LogP contribution is -2.33. The van der Waals surface area contributed by atoms with Crippen LogP contribution >= 0.6 is 11.3 Å². The van der Waals surface area contributed by atoms with Gasteiger partial charge < -0.3 is 9.47 Å². The number of carbonyl (C=O) groups is 1. The Morgan fingerprint density at radius 3 is 2.92 bits per heavy atom. The molecule has 1 aliphatic rings. The Bertz CT molecular complexity index is 665. The van der Waals surface area contributed by atoms with Gasteiger partial charge in [-0.15, -0.1) is 11.3 Å². The molecule has 0 bridgehead atoms. The Morgan fingerprint density at radius 2 is 2.21 bits per heavy atom. The zero-order valence-electron chi connectivity index (χ0n) is 13.5. The second kappa shape index (κ2) is 8.23. The van der Waals surface area contributed by atoms with Gasteiger partial charge in [-0.1, -0.05) is 0 Å². The summed E-state index contributed by atoms with van der Waals surface area (Å²) in [6, 6.07) is 7.64. The summed E-state index contributed by atoms with van der Waals surface area (Å²) < 4.78 is 10.8. The molecule has 1 atom stereocenters. The summed E-state index contributed by atoms with van der Waals surface area (Å²) in [6.45, 7) is 3.24. The summed E-state index contributed by atoms with van der Waals surface area (Å²) in [7, 11) is 0. The molecule has 6 nitrogen and oxygen atoms in total. The summed E-state index contributed by atoms with van der Waals surface area (Å²) in [4.78, 5) is 21.8. The number of nitrogens with one attached hydrogen (secondary N) is 1. The molecule has 128 valence electrons. The number of amides is 1. The Hall–Kier alpha value is -1.96. The van der Waals surface area contributed by atoms with Crippen molar-refractivity contribution in [3.05, 3.63) is 35.3 Å². The van der Waals surface area contributed by atoms with Crippen molar-refractivity contribution >= 4 is 17.2 Å². The van der Waals surface area contributed by atoms with Crippen molar-refractivity contribution < 1.29 is 19.1 Å². The maximum atomic E-state index is 12.1. The molecule has 1 amide bonds. The molecule has 1 aliphatic heterocycles. The second-order valence-corrected chi connectivity index (χ2v) is 6.20. The van der Waals surface area contributed by atoms with Gasteiger partial charge in [0, 0.05) is 24.0 Å². The third-order valence-electron chi connectivity index (χ3n) is 3.57. The Balaban J connectivity index is 1.58. The van der Waals surface area contributed by atoms with Crippen LogP contribution in [0.5, 0.6) is 5.75 Å². The van der Waals surface area contributed by atoms with Gasteiger partial charge in [-0.2, -0.15) is 0 Å². The number of carbonyl (C=O) groups excluding carboxylic acids is 1. The number of rotatable bonds is 6. The van der Waals surface area contributed by atoms with Crippen LogP contribution in [0.2, 0.25) is 0 Å². The van der Waals surface area contributed by atoms with Gasteiger partial charge in [0.05, 0.1) is 6.61 Å². The predicted molar refractivity (Wildman–Crippen MR) is 90.9 cm³/mol. The van der Waals surface area contributed by atoms with Gasteiger partial charge in [0.25, 0.3) is 5.91 Å². The summed E-state index contributed by atoms with van der Waals surface area (Å²) in [6.07, 6.45) is 2.49. The van der Waals surface area contributed by atoms with Crippen LogP contribution in [0.15, 0.2) is 29.6 Å². The second-order valence-electron chi connectivity index (χ2n) is 5.34. The van der Waals surface area contributed by atoms with E-state index >= 15 is 0 Å². The van der Waals surface area contributed by atoms with Crippen molar-refractivity contribution in [2.24, 2.45) is 0 Å². The number of thiazole rings is 1. The highest BCUT2D eigenvalue weighted by atomic mass is 32.1. The van der Waals surface area contributed by atoms with Gasteiger partial charge in [-0.05, 0) is 44.0 Å². The lowest BCUT2D eigenvalue weighted by Gasteiger charge is -2.21. The zero-order valence-corrected chi connectivity index (χ0v) is 14.3. The highest BCUT2D eigenvalue weighted by Gasteiger charge is 2.18. The van der Waals surface area contributed by atoms with Crippen LogP contribution in [0.3, 0.4) is 0 Å². The number of hydrogen-bond donors (Lipinski definition) is 1. The average Bonchev–Trinajstić information content (AvgIpc) is 3.12. The van der Waals surface area contributed by atoms with Crippen molar-refractivity contribution in [2.75, 3.05) is 13.2 Å². The van der Waals surface area contributed by atoms with E-state index in [0.717, 1.165) is 35.6 Å². The van der Waals surface area contributed by atoms with Gasteiger partial charge in [-0.3, -0.25) is 4.79 Å². The van der Waals surface area contributed by atoms with E-state index in [2.05, 4.69) is 10.5 Å². The van der Waals surface area contributed by atoms with E-state index in [9.17, 15) is 4.79 Å². The highest BCUT2D eigenvalue weighted by Crippen LogP contribution is 2.25. The fourth-order valence-electron chi connectivity index (χ4n) is 2.35. The quantitative estimate of drug-likeness (QED) is 0.810. The molecule has 1 aromatic heterocycles. The van der Waals surface area contributed by atoms with Gasteiger partial charge in [0.15, 0.2) is 6.29 Å². The van der Waals surface area contributed by atoms with E-state index in [1.807, 2.05) is 31.2 Å². The third kappa shape index (κ3) is 4.31. The normalized spacial score (nSPS) is 17.5. The number of hydroxylamine groups is 1. The van der Waals surface area contributed by atoms with Gasteiger partial charge in [0.2, 0.25) is 0 Å². The highest BCUT2D eigenvalue weighted by molar-refractivity contribution is 7.13. The number of benzene rings is 1. The minimum absolute atomic E-state index is 0.333. The van der Waals surface area contributed by atoms with Gasteiger partial charge in [-0.25, -0.2) is 15.3 Å². The smallest absolute Gasteiger partial charge is 0.294 e. The molecule has 3 rings (SSSR count). The molecule has 7 heteroatoms. The molecule has 2 aromatic rings. The van der Waals surface area contributed by atoms with Gasteiger partial charge >= 0.3 is 0 Å². The lowest BCUT2D eigenvalue weighted by molar-refractivity contribution is -0.186. The summed E-state index contributed by atoms with van der Waals surface area (Å²) in [5.41, 5.74) is 3.70. The lowest BCUT2D eigenvalue weighted by atomic mass is 10.2. The molecular weight excluding hydrogens is 328 g/mol. The molecular formula is C17H20N2O4S. The Kier molecular flexibility index (Phi) is 5.79. The number of hydrogen-bond acceptors (Lipinski definition) is 6. The number of aromatic nitrogens is 1. The van der Waals surface area contributed by atoms with Crippen LogP contribution in [0.25, 0.3) is 10.6 Å². The summed E-state index contributed by atoms with van der Waals surface area (Å²) in [5, 5.41) is 2.49. The SMILES string of the molecule is CCOc1ccc(-c2nc(C(=O)NO[C@H]3CCCCO3)cs2)cc1. The van der Waals surface area contributed by atoms with Crippen LogP contribution in [-0.2, 0) is 9.57 Å². The maximum absolute atomic E-state index is 12.1. The monoisotopic (exact) mass is 348 g/mol. The van der Waals surface area contributed by atoms with E-state index in [1.54, 1.807) is 5.38 Å². The third-order valence-corrected chi connectivity index (χ3v) is 4.46. The molecule has 0 unspecified atom stereocenters. The van der Waals surface area contributed by atoms with Crippen molar-refractivity contribution in [3.63, 3.8) is 0 Å². The molecule has 1 N–H and O–H groups in total. The average molecular weight is 348 g/mol. The maximum Gasteiger partial charge on any atom is 0.294 e.